The van der Waals surface area contributed by atoms with Crippen LogP contribution < -0.4 is 10.6 Å². The predicted octanol–water partition coefficient (Wildman–Crippen LogP) is 10.5. The number of rotatable bonds is 6. The average Bonchev–Trinajstić information content (AvgIpc) is 3.65. The van der Waals surface area contributed by atoms with Crippen molar-refractivity contribution in [3.8, 4) is 34.0 Å². The molecular weight excluding hydrogens is 603 g/mol. The zero-order valence-electron chi connectivity index (χ0n) is 26.8. The molecule has 0 spiro atoms. The Kier molecular flexibility index (Phi) is 7.38. The molecule has 0 fully saturated rings. The summed E-state index contributed by atoms with van der Waals surface area (Å²) in [5.74, 6) is 6.07. The summed E-state index contributed by atoms with van der Waals surface area (Å²) in [6, 6.07) is 45.0. The second-order valence-corrected chi connectivity index (χ2v) is 12.0. The Morgan fingerprint density at radius 2 is 1.41 bits per heavy atom. The smallest absolute Gasteiger partial charge is 0.154 e. The van der Waals surface area contributed by atoms with Crippen molar-refractivity contribution < 1.29 is 4.74 Å². The quantitative estimate of drug-likeness (QED) is 0.0825. The van der Waals surface area contributed by atoms with Gasteiger partial charge in [-0.05, 0) is 59.2 Å². The van der Waals surface area contributed by atoms with Gasteiger partial charge in [0.2, 0.25) is 0 Å². The van der Waals surface area contributed by atoms with Gasteiger partial charge in [0.1, 0.15) is 0 Å². The first-order valence-electron chi connectivity index (χ1n) is 16.1. The molecule has 0 amide bonds. The van der Waals surface area contributed by atoms with Crippen molar-refractivity contribution in [2.45, 2.75) is 6.42 Å². The van der Waals surface area contributed by atoms with Crippen LogP contribution in [0.1, 0.15) is 5.56 Å². The lowest BCUT2D eigenvalue weighted by Gasteiger charge is -2.21. The molecule has 3 N–H and O–H groups in total. The maximum Gasteiger partial charge on any atom is 0.154 e. The molecule has 6 aromatic carbocycles. The number of hydrazone groups is 1. The van der Waals surface area contributed by atoms with E-state index in [9.17, 15) is 0 Å². The van der Waals surface area contributed by atoms with Crippen LogP contribution in [-0.2, 0) is 6.42 Å². The number of fused-ring (bicyclic) bond motifs is 9. The number of nitrogens with zero attached hydrogens (tertiary/aromatic N) is 3. The first-order valence-corrected chi connectivity index (χ1v) is 16.1. The second kappa shape index (κ2) is 12.2. The summed E-state index contributed by atoms with van der Waals surface area (Å²) in [5.41, 5.74) is 10.6. The van der Waals surface area contributed by atoms with Crippen molar-refractivity contribution in [1.29, 1.82) is 5.41 Å². The molecule has 0 atom stereocenters. The fraction of sp³-hybridized carbons (Fsp3) is 0.0233. The minimum atomic E-state index is 0.546. The average molecular weight is 636 g/mol. The van der Waals surface area contributed by atoms with E-state index in [1.807, 2.05) is 30.4 Å². The number of benzene rings is 6. The molecule has 0 bridgehead atoms. The summed E-state index contributed by atoms with van der Waals surface area (Å²) >= 11 is 0. The van der Waals surface area contributed by atoms with Crippen molar-refractivity contribution in [2.75, 3.05) is 0 Å². The van der Waals surface area contributed by atoms with E-state index in [0.717, 1.165) is 56.1 Å². The Hall–Kier alpha value is -6.66. The first-order chi connectivity index (χ1) is 24.1. The molecule has 0 saturated heterocycles. The number of aromatic nitrogens is 2. The van der Waals surface area contributed by atoms with Gasteiger partial charge in [0.15, 0.2) is 11.5 Å². The maximum atomic E-state index is 8.49. The van der Waals surface area contributed by atoms with Crippen LogP contribution in [0.2, 0.25) is 0 Å². The fourth-order valence-corrected chi connectivity index (χ4v) is 7.25. The van der Waals surface area contributed by atoms with Gasteiger partial charge in [-0.25, -0.2) is 0 Å². The van der Waals surface area contributed by atoms with Crippen LogP contribution in [-0.4, -0.2) is 21.6 Å². The minimum Gasteiger partial charge on any atom is -0.453 e. The van der Waals surface area contributed by atoms with E-state index in [4.69, 9.17) is 10.1 Å². The molecule has 0 unspecified atom stereocenters. The molecule has 0 radical (unpaired) electrons. The highest BCUT2D eigenvalue weighted by Gasteiger charge is 2.28. The largest absolute Gasteiger partial charge is 0.453 e. The molecule has 1 aliphatic rings. The Bertz CT molecular complexity index is 2640. The summed E-state index contributed by atoms with van der Waals surface area (Å²) in [6.45, 7) is 6.63. The minimum absolute atomic E-state index is 0.546. The third-order valence-electron chi connectivity index (χ3n) is 9.11. The highest BCUT2D eigenvalue weighted by molar-refractivity contribution is 6.30. The number of hydrogen-bond donors (Lipinski definition) is 2. The Balaban J connectivity index is 0.00000112. The molecule has 6 nitrogen and oxygen atoms in total. The molecule has 1 aliphatic heterocycles. The van der Waals surface area contributed by atoms with Gasteiger partial charge in [0, 0.05) is 52.1 Å². The van der Waals surface area contributed by atoms with Gasteiger partial charge in [0.25, 0.3) is 0 Å². The van der Waals surface area contributed by atoms with Crippen LogP contribution in [0.4, 0.5) is 0 Å². The van der Waals surface area contributed by atoms with Crippen molar-refractivity contribution in [3.63, 3.8) is 0 Å². The van der Waals surface area contributed by atoms with Crippen molar-refractivity contribution in [2.24, 2.45) is 10.9 Å². The maximum absolute atomic E-state index is 8.49. The lowest BCUT2D eigenvalue weighted by molar-refractivity contribution is 0.477. The predicted molar refractivity (Wildman–Crippen MR) is 205 cm³/mol. The van der Waals surface area contributed by atoms with E-state index in [0.29, 0.717) is 12.1 Å². The summed E-state index contributed by atoms with van der Waals surface area (Å²) in [6.07, 6.45) is 5.88. The zero-order chi connectivity index (χ0) is 33.5. The third kappa shape index (κ3) is 4.81. The molecule has 9 rings (SSSR count). The molecular formula is C43H33N5O. The number of ether oxygens (including phenoxy) is 1. The van der Waals surface area contributed by atoms with Crippen molar-refractivity contribution >= 4 is 56.0 Å². The van der Waals surface area contributed by atoms with E-state index in [1.54, 1.807) is 6.08 Å². The lowest BCUT2D eigenvalue weighted by Crippen LogP contribution is -2.04. The van der Waals surface area contributed by atoms with Crippen LogP contribution in [0.25, 0.3) is 66.1 Å². The Labute approximate surface area is 283 Å². The van der Waals surface area contributed by atoms with Gasteiger partial charge in [-0.2, -0.15) is 5.10 Å². The number of allylic oxidation sites excluding steroid dienone is 3. The highest BCUT2D eigenvalue weighted by atomic mass is 16.5. The number of para-hydroxylation sites is 4. The summed E-state index contributed by atoms with van der Waals surface area (Å²) in [5, 5.41) is 16.1. The van der Waals surface area contributed by atoms with Gasteiger partial charge >= 0.3 is 0 Å². The number of hydrogen-bond acceptors (Lipinski definition) is 4. The Morgan fingerprint density at radius 1 is 0.735 bits per heavy atom. The monoisotopic (exact) mass is 635 g/mol. The second-order valence-electron chi connectivity index (χ2n) is 12.0. The van der Waals surface area contributed by atoms with E-state index in [2.05, 4.69) is 143 Å². The lowest BCUT2D eigenvalue weighted by atomic mass is 9.95. The van der Waals surface area contributed by atoms with Crippen molar-refractivity contribution in [3.05, 3.63) is 158 Å². The summed E-state index contributed by atoms with van der Waals surface area (Å²) < 4.78 is 11.4. The summed E-state index contributed by atoms with van der Waals surface area (Å²) in [4.78, 5) is 0. The van der Waals surface area contributed by atoms with E-state index in [-0.39, 0.29) is 0 Å². The van der Waals surface area contributed by atoms with Gasteiger partial charge in [-0.15, -0.1) is 0 Å². The van der Waals surface area contributed by atoms with Crippen LogP contribution >= 0.6 is 0 Å². The van der Waals surface area contributed by atoms with Crippen LogP contribution in [0, 0.1) is 5.41 Å². The number of nitrogens with one attached hydrogen (secondary N) is 1. The normalized spacial score (nSPS) is 11.8. The SMILES string of the molecule is C=C/C=C\C(=N)Cc1ccccc1-c1cccc(-n2c3ccccc3c3c4c5ccccc5n5c4c(cc32)Oc2ccccc2-5)c1.C=NN. The molecule has 49 heavy (non-hydrogen) atoms. The third-order valence-corrected chi connectivity index (χ3v) is 9.11. The molecule has 2 aromatic heterocycles. The van der Waals surface area contributed by atoms with Gasteiger partial charge in [-0.1, -0.05) is 104 Å². The van der Waals surface area contributed by atoms with Crippen LogP contribution in [0.15, 0.2) is 157 Å². The number of nitrogens with two attached hydrogens (primary N) is 1. The molecule has 3 heterocycles. The van der Waals surface area contributed by atoms with Gasteiger partial charge in [0.05, 0.1) is 27.8 Å². The summed E-state index contributed by atoms with van der Waals surface area (Å²) in [7, 11) is 0. The van der Waals surface area contributed by atoms with Gasteiger partial charge in [-0.3, -0.25) is 0 Å². The zero-order valence-corrected chi connectivity index (χ0v) is 26.8. The molecule has 6 heteroatoms. The standard InChI is InChI=1S/C42H29N3O.CH4N2/c1-2-3-15-29(43)24-27-13-4-5-17-31(27)28-14-12-16-30(25-28)44-34-20-8-6-18-32(34)40-37(44)26-39-42-41(40)33-19-7-9-21-35(33)45(42)36-22-10-11-23-38(36)46-39;1-3-2/h2-23,25-26,43H,1,24H2;1-2H2/b15-3-,43-29?;. The molecule has 0 saturated carbocycles. The fourth-order valence-electron chi connectivity index (χ4n) is 7.25. The van der Waals surface area contributed by atoms with E-state index in [1.165, 1.54) is 27.1 Å². The molecule has 8 aromatic rings. The molecule has 0 aliphatic carbocycles. The van der Waals surface area contributed by atoms with E-state index < -0.39 is 0 Å². The molecule has 236 valence electrons. The van der Waals surface area contributed by atoms with E-state index >= 15 is 0 Å². The van der Waals surface area contributed by atoms with Crippen LogP contribution in [0.3, 0.4) is 0 Å². The van der Waals surface area contributed by atoms with Crippen LogP contribution in [0.5, 0.6) is 11.5 Å². The Morgan fingerprint density at radius 3 is 2.20 bits per heavy atom. The topological polar surface area (TPSA) is 81.3 Å². The van der Waals surface area contributed by atoms with Gasteiger partial charge < -0.3 is 25.1 Å². The van der Waals surface area contributed by atoms with Crippen molar-refractivity contribution in [1.82, 2.24) is 9.13 Å². The highest BCUT2D eigenvalue weighted by Crippen LogP contribution is 2.50. The first kappa shape index (κ1) is 29.7.